The maximum absolute atomic E-state index is 12.7. The van der Waals surface area contributed by atoms with E-state index in [1.165, 1.54) is 5.56 Å². The number of rotatable bonds is 4. The minimum Gasteiger partial charge on any atom is -0.381 e. The van der Waals surface area contributed by atoms with E-state index in [0.29, 0.717) is 17.0 Å². The van der Waals surface area contributed by atoms with Crippen LogP contribution in [0, 0.1) is 5.92 Å². The van der Waals surface area contributed by atoms with Gasteiger partial charge in [-0.1, -0.05) is 37.3 Å². The summed E-state index contributed by atoms with van der Waals surface area (Å²) in [6.07, 6.45) is 3.47. The molecule has 160 valence electrons. The normalized spacial score (nSPS) is 23.0. The maximum atomic E-state index is 12.7. The number of benzene rings is 1. The molecule has 2 atom stereocenters. The summed E-state index contributed by atoms with van der Waals surface area (Å²) in [4.78, 5) is 23.2. The second-order valence-corrected chi connectivity index (χ2v) is 8.38. The molecule has 1 aromatic carbocycles. The van der Waals surface area contributed by atoms with Crippen LogP contribution in [0.2, 0.25) is 0 Å². The lowest BCUT2D eigenvalue weighted by molar-refractivity contribution is 0.0673. The van der Waals surface area contributed by atoms with Gasteiger partial charge in [0.1, 0.15) is 11.2 Å². The molecular formula is C22H28ClN5O2. The van der Waals surface area contributed by atoms with E-state index in [-0.39, 0.29) is 29.9 Å². The molecule has 30 heavy (non-hydrogen) atoms. The number of aromatic amines is 1. The van der Waals surface area contributed by atoms with E-state index >= 15 is 0 Å². The summed E-state index contributed by atoms with van der Waals surface area (Å²) in [6, 6.07) is 10.8. The summed E-state index contributed by atoms with van der Waals surface area (Å²) in [6.45, 7) is 6.53. The Kier molecular flexibility index (Phi) is 6.22. The van der Waals surface area contributed by atoms with Gasteiger partial charge in [-0.2, -0.15) is 5.10 Å². The zero-order chi connectivity index (χ0) is 19.8. The highest BCUT2D eigenvalue weighted by molar-refractivity contribution is 5.85. The van der Waals surface area contributed by atoms with Crippen molar-refractivity contribution in [2.45, 2.75) is 38.3 Å². The van der Waals surface area contributed by atoms with Crippen molar-refractivity contribution in [3.05, 3.63) is 58.3 Å². The SMILES string of the molecule is C[C@@H]1CN(Cc2ccccc2)C[C@H]1c1nc2c(cnn2C2CCOCC2)c(=O)[nH]1.Cl. The van der Waals surface area contributed by atoms with Gasteiger partial charge in [-0.25, -0.2) is 9.67 Å². The Bertz CT molecular complexity index is 1040. The lowest BCUT2D eigenvalue weighted by Gasteiger charge is -2.23. The molecule has 0 saturated carbocycles. The van der Waals surface area contributed by atoms with Gasteiger partial charge in [0.25, 0.3) is 5.56 Å². The minimum atomic E-state index is -0.0861. The van der Waals surface area contributed by atoms with Gasteiger partial charge in [-0.05, 0) is 24.3 Å². The zero-order valence-electron chi connectivity index (χ0n) is 17.2. The van der Waals surface area contributed by atoms with Crippen LogP contribution in [-0.2, 0) is 11.3 Å². The number of likely N-dealkylation sites (tertiary alicyclic amines) is 1. The highest BCUT2D eigenvalue weighted by Gasteiger charge is 2.33. The smallest absolute Gasteiger partial charge is 0.262 e. The van der Waals surface area contributed by atoms with E-state index in [1.54, 1.807) is 6.20 Å². The maximum Gasteiger partial charge on any atom is 0.262 e. The van der Waals surface area contributed by atoms with Crippen LogP contribution in [0.1, 0.15) is 43.1 Å². The summed E-state index contributed by atoms with van der Waals surface area (Å²) in [5.41, 5.74) is 1.94. The highest BCUT2D eigenvalue weighted by Crippen LogP contribution is 2.32. The summed E-state index contributed by atoms with van der Waals surface area (Å²) in [5.74, 6) is 1.44. The number of nitrogens with one attached hydrogen (secondary N) is 1. The van der Waals surface area contributed by atoms with Crippen molar-refractivity contribution < 1.29 is 4.74 Å². The Morgan fingerprint density at radius 2 is 1.93 bits per heavy atom. The van der Waals surface area contributed by atoms with Gasteiger partial charge in [0.2, 0.25) is 0 Å². The fourth-order valence-corrected chi connectivity index (χ4v) is 4.72. The van der Waals surface area contributed by atoms with Crippen molar-refractivity contribution in [2.75, 3.05) is 26.3 Å². The Hall–Kier alpha value is -2.22. The fourth-order valence-electron chi connectivity index (χ4n) is 4.72. The summed E-state index contributed by atoms with van der Waals surface area (Å²) < 4.78 is 7.42. The molecule has 4 heterocycles. The number of halogens is 1. The van der Waals surface area contributed by atoms with Crippen LogP contribution >= 0.6 is 12.4 Å². The van der Waals surface area contributed by atoms with Crippen molar-refractivity contribution in [3.8, 4) is 0 Å². The number of ether oxygens (including phenoxy) is 1. The predicted molar refractivity (Wildman–Crippen MR) is 118 cm³/mol. The molecule has 2 saturated heterocycles. The molecule has 7 nitrogen and oxygen atoms in total. The molecule has 5 rings (SSSR count). The quantitative estimate of drug-likeness (QED) is 0.689. The molecule has 2 fully saturated rings. The zero-order valence-corrected chi connectivity index (χ0v) is 18.0. The van der Waals surface area contributed by atoms with Crippen molar-refractivity contribution in [1.29, 1.82) is 0 Å². The molecule has 3 aromatic rings. The molecule has 2 aliphatic rings. The van der Waals surface area contributed by atoms with E-state index in [1.807, 2.05) is 10.7 Å². The van der Waals surface area contributed by atoms with Crippen LogP contribution in [0.4, 0.5) is 0 Å². The third-order valence-corrected chi connectivity index (χ3v) is 6.31. The van der Waals surface area contributed by atoms with Gasteiger partial charge in [-0.15, -0.1) is 12.4 Å². The van der Waals surface area contributed by atoms with Crippen molar-refractivity contribution in [3.63, 3.8) is 0 Å². The topological polar surface area (TPSA) is 76.0 Å². The molecule has 0 unspecified atom stereocenters. The number of hydrogen-bond donors (Lipinski definition) is 1. The molecule has 0 spiro atoms. The van der Waals surface area contributed by atoms with Crippen LogP contribution in [-0.4, -0.2) is 51.0 Å². The predicted octanol–water partition coefficient (Wildman–Crippen LogP) is 3.13. The second kappa shape index (κ2) is 8.88. The number of H-pyrrole nitrogens is 1. The van der Waals surface area contributed by atoms with Gasteiger partial charge in [0.05, 0.1) is 12.2 Å². The molecule has 1 N–H and O–H groups in total. The Morgan fingerprint density at radius 3 is 2.70 bits per heavy atom. The summed E-state index contributed by atoms with van der Waals surface area (Å²) >= 11 is 0. The largest absolute Gasteiger partial charge is 0.381 e. The number of fused-ring (bicyclic) bond motifs is 1. The van der Waals surface area contributed by atoms with Gasteiger partial charge < -0.3 is 9.72 Å². The average Bonchev–Trinajstić information content (AvgIpc) is 3.33. The lowest BCUT2D eigenvalue weighted by atomic mass is 9.97. The van der Waals surface area contributed by atoms with E-state index in [0.717, 1.165) is 51.5 Å². The third-order valence-electron chi connectivity index (χ3n) is 6.31. The number of nitrogens with zero attached hydrogens (tertiary/aromatic N) is 4. The first kappa shape index (κ1) is 21.0. The standard InChI is InChI=1S/C22H27N5O2.ClH/c1-15-12-26(13-16-5-3-2-4-6-16)14-19(15)20-24-21-18(22(28)25-20)11-23-27(21)17-7-9-29-10-8-17;/h2-6,11,15,17,19H,7-10,12-14H2,1H3,(H,24,25,28);1H/t15-,19-;/m1./s1. The van der Waals surface area contributed by atoms with Crippen molar-refractivity contribution in [2.24, 2.45) is 5.92 Å². The van der Waals surface area contributed by atoms with E-state index < -0.39 is 0 Å². The molecule has 2 aromatic heterocycles. The third kappa shape index (κ3) is 4.02. The van der Waals surface area contributed by atoms with E-state index in [9.17, 15) is 4.79 Å². The lowest BCUT2D eigenvalue weighted by Crippen LogP contribution is -2.23. The molecule has 0 amide bonds. The van der Waals surface area contributed by atoms with Gasteiger partial charge in [0, 0.05) is 38.8 Å². The number of hydrogen-bond acceptors (Lipinski definition) is 5. The van der Waals surface area contributed by atoms with Crippen LogP contribution in [0.25, 0.3) is 11.0 Å². The molecule has 0 bridgehead atoms. The van der Waals surface area contributed by atoms with Crippen molar-refractivity contribution in [1.82, 2.24) is 24.6 Å². The summed E-state index contributed by atoms with van der Waals surface area (Å²) in [7, 11) is 0. The summed E-state index contributed by atoms with van der Waals surface area (Å²) in [5, 5.41) is 5.08. The highest BCUT2D eigenvalue weighted by atomic mass is 35.5. The Labute approximate surface area is 181 Å². The first-order valence-corrected chi connectivity index (χ1v) is 10.5. The molecule has 2 aliphatic heterocycles. The average molecular weight is 430 g/mol. The molecular weight excluding hydrogens is 402 g/mol. The monoisotopic (exact) mass is 429 g/mol. The number of aromatic nitrogens is 4. The fraction of sp³-hybridized carbons (Fsp3) is 0.500. The minimum absolute atomic E-state index is 0. The molecule has 0 aliphatic carbocycles. The van der Waals surface area contributed by atoms with Gasteiger partial charge in [-0.3, -0.25) is 9.69 Å². The Balaban J connectivity index is 0.00000218. The molecule has 0 radical (unpaired) electrons. The van der Waals surface area contributed by atoms with E-state index in [4.69, 9.17) is 9.72 Å². The van der Waals surface area contributed by atoms with Gasteiger partial charge >= 0.3 is 0 Å². The first-order chi connectivity index (χ1) is 14.2. The first-order valence-electron chi connectivity index (χ1n) is 10.5. The van der Waals surface area contributed by atoms with Crippen LogP contribution in [0.3, 0.4) is 0 Å². The second-order valence-electron chi connectivity index (χ2n) is 8.38. The Morgan fingerprint density at radius 1 is 1.17 bits per heavy atom. The van der Waals surface area contributed by atoms with Crippen molar-refractivity contribution >= 4 is 23.4 Å². The van der Waals surface area contributed by atoms with Crippen LogP contribution in [0.15, 0.2) is 41.3 Å². The van der Waals surface area contributed by atoms with Crippen LogP contribution < -0.4 is 5.56 Å². The van der Waals surface area contributed by atoms with Gasteiger partial charge in [0.15, 0.2) is 5.65 Å². The van der Waals surface area contributed by atoms with E-state index in [2.05, 4.69) is 46.2 Å². The molecule has 8 heteroatoms. The van der Waals surface area contributed by atoms with Crippen LogP contribution in [0.5, 0.6) is 0 Å².